The maximum absolute atomic E-state index is 11.9. The molecule has 0 aromatic heterocycles. The zero-order chi connectivity index (χ0) is 13.8. The number of fused-ring (bicyclic) bond motifs is 1. The van der Waals surface area contributed by atoms with E-state index >= 15 is 0 Å². The topological polar surface area (TPSA) is 69.6 Å². The standard InChI is InChI=1S/C14H16N2O3/c1-2-3-6-15-14(19)16-8-11-5-4-10(13(17)18)7-12(11)9-16/h2,4-5,7H,1,3,6,8-9H2,(H,15,19)(H,17,18). The Balaban J connectivity index is 2.01. The van der Waals surface area contributed by atoms with E-state index in [0.717, 1.165) is 17.5 Å². The van der Waals surface area contributed by atoms with Crippen LogP contribution < -0.4 is 5.32 Å². The SMILES string of the molecule is C=CCCNC(=O)N1Cc2ccc(C(=O)O)cc2C1. The monoisotopic (exact) mass is 260 g/mol. The second-order valence-corrected chi connectivity index (χ2v) is 4.45. The molecule has 0 radical (unpaired) electrons. The van der Waals surface area contributed by atoms with Gasteiger partial charge in [-0.3, -0.25) is 0 Å². The van der Waals surface area contributed by atoms with Crippen LogP contribution in [0, 0.1) is 0 Å². The molecule has 0 atom stereocenters. The summed E-state index contributed by atoms with van der Waals surface area (Å²) in [6.07, 6.45) is 2.48. The van der Waals surface area contributed by atoms with Gasteiger partial charge in [-0.1, -0.05) is 12.1 Å². The molecule has 5 heteroatoms. The number of carboxylic acid groups (broad SMARTS) is 1. The van der Waals surface area contributed by atoms with Gasteiger partial charge in [-0.15, -0.1) is 6.58 Å². The van der Waals surface area contributed by atoms with Crippen molar-refractivity contribution in [1.29, 1.82) is 0 Å². The molecule has 2 rings (SSSR count). The first kappa shape index (κ1) is 13.1. The fourth-order valence-electron chi connectivity index (χ4n) is 2.06. The zero-order valence-electron chi connectivity index (χ0n) is 10.6. The molecule has 0 saturated heterocycles. The van der Waals surface area contributed by atoms with Crippen molar-refractivity contribution in [3.63, 3.8) is 0 Å². The second kappa shape index (κ2) is 5.56. The number of carbonyl (C=O) groups is 2. The number of benzene rings is 1. The van der Waals surface area contributed by atoms with Crippen LogP contribution in [0.15, 0.2) is 30.9 Å². The van der Waals surface area contributed by atoms with Crippen molar-refractivity contribution < 1.29 is 14.7 Å². The van der Waals surface area contributed by atoms with Gasteiger partial charge >= 0.3 is 12.0 Å². The largest absolute Gasteiger partial charge is 0.478 e. The van der Waals surface area contributed by atoms with Crippen LogP contribution in [0.2, 0.25) is 0 Å². The minimum Gasteiger partial charge on any atom is -0.478 e. The highest BCUT2D eigenvalue weighted by molar-refractivity contribution is 5.88. The molecule has 1 aliphatic heterocycles. The molecule has 1 aromatic rings. The molecule has 0 aliphatic carbocycles. The summed E-state index contributed by atoms with van der Waals surface area (Å²) in [5.74, 6) is -0.948. The van der Waals surface area contributed by atoms with Crippen molar-refractivity contribution in [3.05, 3.63) is 47.5 Å². The summed E-state index contributed by atoms with van der Waals surface area (Å²) >= 11 is 0. The average molecular weight is 260 g/mol. The van der Waals surface area contributed by atoms with Crippen molar-refractivity contribution >= 4 is 12.0 Å². The molecule has 0 saturated carbocycles. The van der Waals surface area contributed by atoms with Crippen LogP contribution >= 0.6 is 0 Å². The number of hydrogen-bond donors (Lipinski definition) is 2. The average Bonchev–Trinajstić information content (AvgIpc) is 2.81. The number of hydrogen-bond acceptors (Lipinski definition) is 2. The van der Waals surface area contributed by atoms with Gasteiger partial charge in [0.1, 0.15) is 0 Å². The molecule has 2 N–H and O–H groups in total. The Bertz CT molecular complexity index is 525. The number of urea groups is 1. The predicted molar refractivity (Wildman–Crippen MR) is 70.9 cm³/mol. The van der Waals surface area contributed by atoms with E-state index in [1.54, 1.807) is 29.2 Å². The Hall–Kier alpha value is -2.30. The highest BCUT2D eigenvalue weighted by Crippen LogP contribution is 2.23. The van der Waals surface area contributed by atoms with Gasteiger partial charge in [0.05, 0.1) is 5.56 Å². The van der Waals surface area contributed by atoms with E-state index in [2.05, 4.69) is 11.9 Å². The van der Waals surface area contributed by atoms with Crippen LogP contribution in [0.5, 0.6) is 0 Å². The Morgan fingerprint density at radius 2 is 2.11 bits per heavy atom. The molecule has 1 aliphatic rings. The van der Waals surface area contributed by atoms with Gasteiger partial charge in [0, 0.05) is 19.6 Å². The van der Waals surface area contributed by atoms with Crippen molar-refractivity contribution in [2.24, 2.45) is 0 Å². The van der Waals surface area contributed by atoms with Crippen LogP contribution in [0.4, 0.5) is 4.79 Å². The Morgan fingerprint density at radius 3 is 2.79 bits per heavy atom. The molecule has 1 aromatic carbocycles. The van der Waals surface area contributed by atoms with Gasteiger partial charge in [0.25, 0.3) is 0 Å². The van der Waals surface area contributed by atoms with Crippen LogP contribution in [0.3, 0.4) is 0 Å². The molecule has 1 heterocycles. The van der Waals surface area contributed by atoms with Crippen molar-refractivity contribution in [2.45, 2.75) is 19.5 Å². The second-order valence-electron chi connectivity index (χ2n) is 4.45. The summed E-state index contributed by atoms with van der Waals surface area (Å²) in [7, 11) is 0. The van der Waals surface area contributed by atoms with Gasteiger partial charge in [0.15, 0.2) is 0 Å². The third-order valence-corrected chi connectivity index (χ3v) is 3.09. The van der Waals surface area contributed by atoms with E-state index in [4.69, 9.17) is 5.11 Å². The molecular formula is C14H16N2O3. The molecule has 0 bridgehead atoms. The van der Waals surface area contributed by atoms with Gasteiger partial charge in [-0.05, 0) is 29.7 Å². The fourth-order valence-corrected chi connectivity index (χ4v) is 2.06. The first-order chi connectivity index (χ1) is 9.11. The third kappa shape index (κ3) is 2.93. The lowest BCUT2D eigenvalue weighted by Gasteiger charge is -2.15. The van der Waals surface area contributed by atoms with Gasteiger partial charge in [-0.25, -0.2) is 9.59 Å². The highest BCUT2D eigenvalue weighted by atomic mass is 16.4. The lowest BCUT2D eigenvalue weighted by Crippen LogP contribution is -2.36. The number of nitrogens with zero attached hydrogens (tertiary/aromatic N) is 1. The molecule has 5 nitrogen and oxygen atoms in total. The fraction of sp³-hybridized carbons (Fsp3) is 0.286. The molecule has 0 fully saturated rings. The summed E-state index contributed by atoms with van der Waals surface area (Å²) in [4.78, 5) is 24.4. The molecule has 0 spiro atoms. The normalized spacial score (nSPS) is 12.9. The van der Waals surface area contributed by atoms with E-state index in [0.29, 0.717) is 19.6 Å². The smallest absolute Gasteiger partial charge is 0.335 e. The molecule has 100 valence electrons. The van der Waals surface area contributed by atoms with Gasteiger partial charge in [-0.2, -0.15) is 0 Å². The van der Waals surface area contributed by atoms with E-state index in [1.807, 2.05) is 0 Å². The predicted octanol–water partition coefficient (Wildman–Crippen LogP) is 1.99. The van der Waals surface area contributed by atoms with Crippen LogP contribution in [-0.4, -0.2) is 28.6 Å². The number of rotatable bonds is 4. The minimum atomic E-state index is -0.948. The Labute approximate surface area is 111 Å². The van der Waals surface area contributed by atoms with E-state index in [-0.39, 0.29) is 11.6 Å². The maximum atomic E-state index is 11.9. The number of carbonyl (C=O) groups excluding carboxylic acids is 1. The number of aromatic carboxylic acids is 1. The van der Waals surface area contributed by atoms with E-state index in [9.17, 15) is 9.59 Å². The first-order valence-corrected chi connectivity index (χ1v) is 6.10. The Kier molecular flexibility index (Phi) is 3.85. The third-order valence-electron chi connectivity index (χ3n) is 3.09. The Morgan fingerprint density at radius 1 is 1.37 bits per heavy atom. The molecule has 2 amide bonds. The van der Waals surface area contributed by atoms with E-state index < -0.39 is 5.97 Å². The minimum absolute atomic E-state index is 0.130. The summed E-state index contributed by atoms with van der Waals surface area (Å²) in [5, 5.41) is 11.7. The first-order valence-electron chi connectivity index (χ1n) is 6.10. The van der Waals surface area contributed by atoms with Crippen molar-refractivity contribution in [1.82, 2.24) is 10.2 Å². The lowest BCUT2D eigenvalue weighted by molar-refractivity contribution is 0.0696. The van der Waals surface area contributed by atoms with E-state index in [1.165, 1.54) is 0 Å². The van der Waals surface area contributed by atoms with Crippen molar-refractivity contribution in [3.8, 4) is 0 Å². The number of nitrogens with one attached hydrogen (secondary N) is 1. The lowest BCUT2D eigenvalue weighted by atomic mass is 10.1. The maximum Gasteiger partial charge on any atom is 0.335 e. The highest BCUT2D eigenvalue weighted by Gasteiger charge is 2.23. The van der Waals surface area contributed by atoms with Crippen LogP contribution in [-0.2, 0) is 13.1 Å². The summed E-state index contributed by atoms with van der Waals surface area (Å²) in [6, 6.07) is 4.85. The van der Waals surface area contributed by atoms with Crippen molar-refractivity contribution in [2.75, 3.05) is 6.54 Å². The number of amides is 2. The van der Waals surface area contributed by atoms with Crippen LogP contribution in [0.1, 0.15) is 27.9 Å². The van der Waals surface area contributed by atoms with Crippen LogP contribution in [0.25, 0.3) is 0 Å². The quantitative estimate of drug-likeness (QED) is 0.642. The summed E-state index contributed by atoms with van der Waals surface area (Å²) < 4.78 is 0. The number of carboxylic acids is 1. The molecule has 19 heavy (non-hydrogen) atoms. The van der Waals surface area contributed by atoms with Gasteiger partial charge in [0.2, 0.25) is 0 Å². The molecule has 0 unspecified atom stereocenters. The summed E-state index contributed by atoms with van der Waals surface area (Å²) in [5.41, 5.74) is 2.16. The zero-order valence-corrected chi connectivity index (χ0v) is 10.6. The molecular weight excluding hydrogens is 244 g/mol. The summed E-state index contributed by atoms with van der Waals surface area (Å²) in [6.45, 7) is 5.14. The van der Waals surface area contributed by atoms with Gasteiger partial charge < -0.3 is 15.3 Å².